The van der Waals surface area contributed by atoms with E-state index < -0.39 is 21.1 Å². The lowest BCUT2D eigenvalue weighted by atomic mass is 10.1. The van der Waals surface area contributed by atoms with Gasteiger partial charge in [0.2, 0.25) is 0 Å². The molecule has 2 atom stereocenters. The summed E-state index contributed by atoms with van der Waals surface area (Å²) in [6.07, 6.45) is 0. The van der Waals surface area contributed by atoms with E-state index in [0.29, 0.717) is 10.7 Å². The Kier molecular flexibility index (Phi) is 7.19. The van der Waals surface area contributed by atoms with Gasteiger partial charge in [0, 0.05) is 12.4 Å². The molecule has 1 N–H and O–H groups in total. The third-order valence-corrected chi connectivity index (χ3v) is 7.99. The molecule has 0 aliphatic heterocycles. The zero-order valence-corrected chi connectivity index (χ0v) is 20.8. The molecule has 0 bridgehead atoms. The molecule has 1 aromatic heterocycles. The molecule has 0 spiro atoms. The smallest absolute Gasteiger partial charge is 0.324 e. The monoisotopic (exact) mass is 490 g/mol. The Balaban J connectivity index is 1.79. The van der Waals surface area contributed by atoms with Crippen LogP contribution in [0.2, 0.25) is 5.02 Å². The van der Waals surface area contributed by atoms with E-state index in [4.69, 9.17) is 16.3 Å². The van der Waals surface area contributed by atoms with E-state index in [2.05, 4.69) is 5.32 Å². The molecule has 3 aromatic rings. The van der Waals surface area contributed by atoms with E-state index in [9.17, 15) is 18.0 Å². The number of sulfone groups is 1. The average molecular weight is 491 g/mol. The van der Waals surface area contributed by atoms with Crippen molar-refractivity contribution < 1.29 is 22.7 Å². The molecule has 1 amide bonds. The van der Waals surface area contributed by atoms with Crippen LogP contribution >= 0.6 is 11.6 Å². The number of carbonyl (C=O) groups is 2. The fourth-order valence-corrected chi connectivity index (χ4v) is 5.20. The summed E-state index contributed by atoms with van der Waals surface area (Å²) in [6, 6.07) is 11.3. The normalized spacial score (nSPS) is 13.5. The lowest BCUT2D eigenvalue weighted by Gasteiger charge is -2.16. The van der Waals surface area contributed by atoms with Crippen molar-refractivity contribution in [2.45, 2.75) is 43.9 Å². The van der Waals surface area contributed by atoms with Gasteiger partial charge in [-0.05, 0) is 69.2 Å². The van der Waals surface area contributed by atoms with Gasteiger partial charge >= 0.3 is 5.97 Å². The van der Waals surface area contributed by atoms with E-state index in [1.807, 2.05) is 33.0 Å². The topological polar surface area (TPSA) is 94.5 Å². The van der Waals surface area contributed by atoms with Gasteiger partial charge in [0.05, 0.1) is 28.1 Å². The molecular weight excluding hydrogens is 464 g/mol. The Hall–Kier alpha value is -2.84. The quantitative estimate of drug-likeness (QED) is 0.496. The first kappa shape index (κ1) is 24.8. The minimum Gasteiger partial charge on any atom is -0.465 e. The number of rotatable bonds is 7. The van der Waals surface area contributed by atoms with Crippen molar-refractivity contribution in [2.75, 3.05) is 6.61 Å². The molecule has 0 aliphatic rings. The van der Waals surface area contributed by atoms with Gasteiger partial charge in [-0.3, -0.25) is 9.59 Å². The highest BCUT2D eigenvalue weighted by Gasteiger charge is 2.31. The summed E-state index contributed by atoms with van der Waals surface area (Å²) in [7, 11) is -2.07. The van der Waals surface area contributed by atoms with Gasteiger partial charge in [0.15, 0.2) is 15.1 Å². The molecule has 0 saturated carbocycles. The minimum atomic E-state index is -3.87. The number of nitrogens with one attached hydrogen (secondary N) is 1. The Morgan fingerprint density at radius 2 is 1.76 bits per heavy atom. The van der Waals surface area contributed by atoms with Crippen molar-refractivity contribution in [2.24, 2.45) is 7.05 Å². The Morgan fingerprint density at radius 3 is 2.36 bits per heavy atom. The number of hydrogen-bond acceptors (Lipinski definition) is 5. The number of aryl methyl sites for hydroxylation is 2. The minimum absolute atomic E-state index is 0.0176. The van der Waals surface area contributed by atoms with Crippen LogP contribution in [0, 0.1) is 6.92 Å². The number of hydrogen-bond donors (Lipinski definition) is 1. The van der Waals surface area contributed by atoms with E-state index in [-0.39, 0.29) is 23.5 Å². The summed E-state index contributed by atoms with van der Waals surface area (Å²) in [4.78, 5) is 24.8. The van der Waals surface area contributed by atoms with Crippen LogP contribution in [0.5, 0.6) is 0 Å². The summed E-state index contributed by atoms with van der Waals surface area (Å²) in [6.45, 7) is 6.79. The first-order chi connectivity index (χ1) is 15.5. The third-order valence-electron chi connectivity index (χ3n) is 5.63. The van der Waals surface area contributed by atoms with Gasteiger partial charge in [0.25, 0.3) is 5.91 Å². The van der Waals surface area contributed by atoms with E-state index in [1.165, 1.54) is 19.1 Å². The second kappa shape index (κ2) is 9.57. The van der Waals surface area contributed by atoms with Crippen LogP contribution in [-0.4, -0.2) is 36.7 Å². The average Bonchev–Trinajstić information content (AvgIpc) is 3.10. The fraction of sp³-hybridized carbons (Fsp3) is 0.333. The molecule has 33 heavy (non-hydrogen) atoms. The highest BCUT2D eigenvalue weighted by atomic mass is 35.5. The predicted molar refractivity (Wildman–Crippen MR) is 128 cm³/mol. The molecule has 0 aliphatic carbocycles. The number of nitrogens with zero attached hydrogens (tertiary/aromatic N) is 1. The van der Waals surface area contributed by atoms with Crippen LogP contribution in [0.15, 0.2) is 47.4 Å². The molecule has 0 fully saturated rings. The van der Waals surface area contributed by atoms with Crippen molar-refractivity contribution in [1.82, 2.24) is 9.88 Å². The summed E-state index contributed by atoms with van der Waals surface area (Å²) in [5.41, 5.74) is 3.05. The van der Waals surface area contributed by atoms with Crippen LogP contribution in [-0.2, 0) is 26.4 Å². The van der Waals surface area contributed by atoms with Gasteiger partial charge in [-0.1, -0.05) is 23.7 Å². The van der Waals surface area contributed by atoms with Crippen LogP contribution in [0.4, 0.5) is 0 Å². The van der Waals surface area contributed by atoms with Crippen molar-refractivity contribution >= 4 is 44.2 Å². The van der Waals surface area contributed by atoms with Gasteiger partial charge in [0.1, 0.15) is 5.69 Å². The first-order valence-corrected chi connectivity index (χ1v) is 12.5. The molecule has 2 aromatic carbocycles. The molecule has 7 nitrogen and oxygen atoms in total. The number of fused-ring (bicyclic) bond motifs is 1. The van der Waals surface area contributed by atoms with Crippen LogP contribution in [0.25, 0.3) is 10.9 Å². The Morgan fingerprint density at radius 1 is 1.12 bits per heavy atom. The van der Waals surface area contributed by atoms with Crippen LogP contribution in [0.3, 0.4) is 0 Å². The van der Waals surface area contributed by atoms with Gasteiger partial charge in [-0.15, -0.1) is 0 Å². The lowest BCUT2D eigenvalue weighted by molar-refractivity contribution is -0.142. The summed E-state index contributed by atoms with van der Waals surface area (Å²) in [5.74, 6) is -1.06. The zero-order chi connectivity index (χ0) is 24.5. The molecular formula is C24H27ClN2O5S. The molecule has 9 heteroatoms. The van der Waals surface area contributed by atoms with E-state index >= 15 is 0 Å². The number of benzene rings is 2. The largest absolute Gasteiger partial charge is 0.465 e. The van der Waals surface area contributed by atoms with Gasteiger partial charge in [-0.2, -0.15) is 0 Å². The van der Waals surface area contributed by atoms with Gasteiger partial charge < -0.3 is 14.6 Å². The molecule has 2 unspecified atom stereocenters. The number of ether oxygens (including phenoxy) is 1. The van der Waals surface area contributed by atoms with Crippen LogP contribution in [0.1, 0.15) is 48.4 Å². The predicted octanol–water partition coefficient (Wildman–Crippen LogP) is 4.36. The second-order valence-electron chi connectivity index (χ2n) is 7.97. The zero-order valence-electron chi connectivity index (χ0n) is 19.2. The number of halogens is 1. The number of amides is 1. The molecule has 0 radical (unpaired) electrons. The number of carbonyl (C=O) groups excluding carboxylic acids is 2. The maximum absolute atomic E-state index is 12.9. The summed E-state index contributed by atoms with van der Waals surface area (Å²) >= 11 is 6.34. The Bertz CT molecular complexity index is 1310. The highest BCUT2D eigenvalue weighted by Crippen LogP contribution is 2.28. The van der Waals surface area contributed by atoms with Crippen molar-refractivity contribution in [3.05, 3.63) is 64.3 Å². The lowest BCUT2D eigenvalue weighted by Crippen LogP contribution is -2.29. The summed E-state index contributed by atoms with van der Waals surface area (Å²) < 4.78 is 32.0. The van der Waals surface area contributed by atoms with Crippen molar-refractivity contribution in [1.29, 1.82) is 0 Å². The molecule has 176 valence electrons. The second-order valence-corrected chi connectivity index (χ2v) is 10.6. The maximum Gasteiger partial charge on any atom is 0.324 e. The molecule has 3 rings (SSSR count). The summed E-state index contributed by atoms with van der Waals surface area (Å²) in [5, 5.41) is 3.02. The first-order valence-electron chi connectivity index (χ1n) is 10.5. The maximum atomic E-state index is 12.9. The van der Waals surface area contributed by atoms with Gasteiger partial charge in [-0.25, -0.2) is 8.42 Å². The molecule has 0 saturated heterocycles. The van der Waals surface area contributed by atoms with Crippen LogP contribution < -0.4 is 5.32 Å². The SMILES string of the molecule is CCOC(=O)C(C)S(=O)(=O)c1ccc(C(C)NC(=O)c2cc3c(Cl)cc(C)cc3n2C)cc1. The van der Waals surface area contributed by atoms with E-state index in [1.54, 1.807) is 29.7 Å². The Labute approximate surface area is 198 Å². The third kappa shape index (κ3) is 4.91. The number of esters is 1. The standard InChI is InChI=1S/C24H27ClN2O5S/c1-6-32-24(29)16(4)33(30,31)18-9-7-17(8-10-18)15(3)26-23(28)22-13-19-20(25)11-14(2)12-21(19)27(22)5/h7-13,15-16H,6H2,1-5H3,(H,26,28). The number of aromatic nitrogens is 1. The fourth-order valence-electron chi connectivity index (χ4n) is 3.63. The molecule has 1 heterocycles. The van der Waals surface area contributed by atoms with Crippen molar-refractivity contribution in [3.8, 4) is 0 Å². The highest BCUT2D eigenvalue weighted by molar-refractivity contribution is 7.92. The van der Waals surface area contributed by atoms with Crippen molar-refractivity contribution in [3.63, 3.8) is 0 Å². The van der Waals surface area contributed by atoms with E-state index in [0.717, 1.165) is 22.0 Å².